The topological polar surface area (TPSA) is 30.7 Å². The quantitative estimate of drug-likeness (QED) is 0.640. The van der Waals surface area contributed by atoms with E-state index in [4.69, 9.17) is 11.6 Å². The average molecular weight is 352 g/mol. The lowest BCUT2D eigenvalue weighted by atomic mass is 10.1. The second-order valence-electron chi connectivity index (χ2n) is 5.36. The maximum atomic E-state index is 13.2. The van der Waals surface area contributed by atoms with E-state index in [0.717, 1.165) is 11.6 Å². The minimum Gasteiger partial charge on any atom is -0.248 e. The van der Waals surface area contributed by atoms with Gasteiger partial charge in [-0.2, -0.15) is 18.3 Å². The molecule has 0 N–H and O–H groups in total. The summed E-state index contributed by atoms with van der Waals surface area (Å²) in [6.45, 7) is 1.85. The van der Waals surface area contributed by atoms with Crippen LogP contribution in [0.25, 0.3) is 22.8 Å². The van der Waals surface area contributed by atoms with Crippen LogP contribution in [0.3, 0.4) is 0 Å². The molecule has 0 aliphatic rings. The van der Waals surface area contributed by atoms with Crippen molar-refractivity contribution < 1.29 is 13.2 Å². The second kappa shape index (κ2) is 5.94. The van der Waals surface area contributed by atoms with Gasteiger partial charge in [-0.25, -0.2) is 9.67 Å². The summed E-state index contributed by atoms with van der Waals surface area (Å²) in [5.41, 5.74) is 0.702. The molecule has 7 heteroatoms. The fourth-order valence-electron chi connectivity index (χ4n) is 2.57. The third kappa shape index (κ3) is 2.89. The van der Waals surface area contributed by atoms with Crippen LogP contribution in [-0.4, -0.2) is 14.8 Å². The zero-order valence-corrected chi connectivity index (χ0v) is 13.7. The van der Waals surface area contributed by atoms with Crippen LogP contribution >= 0.6 is 11.6 Å². The Balaban J connectivity index is 2.19. The highest BCUT2D eigenvalue weighted by Crippen LogP contribution is 2.37. The van der Waals surface area contributed by atoms with Crippen molar-refractivity contribution in [1.82, 2.24) is 14.8 Å². The van der Waals surface area contributed by atoms with Crippen LogP contribution in [0, 0.1) is 6.92 Å². The predicted octanol–water partition coefficient (Wildman–Crippen LogP) is 5.13. The van der Waals surface area contributed by atoms with Crippen LogP contribution < -0.4 is 0 Å². The summed E-state index contributed by atoms with van der Waals surface area (Å²) in [5, 5.41) is 4.71. The van der Waals surface area contributed by atoms with Crippen LogP contribution in [0.4, 0.5) is 13.2 Å². The molecule has 124 valence electrons. The third-order valence-corrected chi connectivity index (χ3v) is 4.00. The van der Waals surface area contributed by atoms with Gasteiger partial charge in [0, 0.05) is 18.2 Å². The molecule has 0 atom stereocenters. The Bertz CT molecular complexity index is 880. The van der Waals surface area contributed by atoms with E-state index in [1.54, 1.807) is 25.2 Å². The molecular formula is C17H13ClF3N3. The van der Waals surface area contributed by atoms with E-state index < -0.39 is 11.7 Å². The number of nitrogens with zero attached hydrogens (tertiary/aromatic N) is 3. The third-order valence-electron chi connectivity index (χ3n) is 3.68. The van der Waals surface area contributed by atoms with Crippen molar-refractivity contribution in [3.63, 3.8) is 0 Å². The van der Waals surface area contributed by atoms with Crippen LogP contribution in [0.15, 0.2) is 42.5 Å². The number of hydrogen-bond acceptors (Lipinski definition) is 2. The fourth-order valence-corrected chi connectivity index (χ4v) is 2.87. The standard InChI is InChI=1S/C17H13ClF3N3/c1-10-6-5-9-13(18)14(10)15-22-16(24(2)23-15)11-7-3-4-8-12(11)17(19,20)21/h3-9H,1-2H3. The van der Waals surface area contributed by atoms with Gasteiger partial charge in [-0.15, -0.1) is 0 Å². The van der Waals surface area contributed by atoms with Gasteiger partial charge in [-0.05, 0) is 24.6 Å². The molecule has 3 rings (SSSR count). The normalized spacial score (nSPS) is 11.8. The summed E-state index contributed by atoms with van der Waals surface area (Å²) >= 11 is 6.21. The molecule has 0 radical (unpaired) electrons. The van der Waals surface area contributed by atoms with Gasteiger partial charge in [-0.3, -0.25) is 0 Å². The van der Waals surface area contributed by atoms with E-state index in [9.17, 15) is 13.2 Å². The lowest BCUT2D eigenvalue weighted by molar-refractivity contribution is -0.137. The van der Waals surface area contributed by atoms with Crippen molar-refractivity contribution in [2.75, 3.05) is 0 Å². The average Bonchev–Trinajstić information content (AvgIpc) is 2.87. The van der Waals surface area contributed by atoms with Gasteiger partial charge in [0.1, 0.15) is 0 Å². The van der Waals surface area contributed by atoms with Gasteiger partial charge < -0.3 is 0 Å². The SMILES string of the molecule is Cc1cccc(Cl)c1-c1nc(-c2ccccc2C(F)(F)F)n(C)n1. The van der Waals surface area contributed by atoms with E-state index in [1.807, 2.05) is 13.0 Å². The Morgan fingerprint density at radius 1 is 1.04 bits per heavy atom. The number of aryl methyl sites for hydroxylation is 2. The highest BCUT2D eigenvalue weighted by molar-refractivity contribution is 6.33. The Morgan fingerprint density at radius 3 is 2.42 bits per heavy atom. The zero-order valence-electron chi connectivity index (χ0n) is 12.9. The molecule has 1 aromatic heterocycles. The molecule has 2 aromatic carbocycles. The van der Waals surface area contributed by atoms with E-state index >= 15 is 0 Å². The molecule has 0 bridgehead atoms. The molecule has 0 fully saturated rings. The highest BCUT2D eigenvalue weighted by atomic mass is 35.5. The first-order chi connectivity index (χ1) is 11.3. The molecule has 0 saturated heterocycles. The van der Waals surface area contributed by atoms with Crippen molar-refractivity contribution in [3.8, 4) is 22.8 Å². The zero-order chi connectivity index (χ0) is 17.5. The van der Waals surface area contributed by atoms with Crippen molar-refractivity contribution in [3.05, 3.63) is 58.6 Å². The molecule has 0 aliphatic carbocycles. The Labute approximate surface area is 141 Å². The second-order valence-corrected chi connectivity index (χ2v) is 5.76. The first-order valence-electron chi connectivity index (χ1n) is 7.12. The molecule has 3 nitrogen and oxygen atoms in total. The first kappa shape index (κ1) is 16.5. The van der Waals surface area contributed by atoms with Gasteiger partial charge in [0.15, 0.2) is 11.6 Å². The Hall–Kier alpha value is -2.34. The molecule has 3 aromatic rings. The number of alkyl halides is 3. The molecule has 0 spiro atoms. The molecule has 0 unspecified atom stereocenters. The summed E-state index contributed by atoms with van der Waals surface area (Å²) < 4.78 is 41.1. The minimum absolute atomic E-state index is 0.0176. The van der Waals surface area contributed by atoms with Crippen molar-refractivity contribution in [1.29, 1.82) is 0 Å². The van der Waals surface area contributed by atoms with Crippen molar-refractivity contribution >= 4 is 11.6 Å². The lowest BCUT2D eigenvalue weighted by Crippen LogP contribution is -2.08. The van der Waals surface area contributed by atoms with Crippen LogP contribution in [-0.2, 0) is 13.2 Å². The van der Waals surface area contributed by atoms with E-state index in [1.165, 1.54) is 16.8 Å². The van der Waals surface area contributed by atoms with Crippen molar-refractivity contribution in [2.24, 2.45) is 7.05 Å². The van der Waals surface area contributed by atoms with Crippen LogP contribution in [0.1, 0.15) is 11.1 Å². The van der Waals surface area contributed by atoms with E-state index in [0.29, 0.717) is 16.4 Å². The summed E-state index contributed by atoms with van der Waals surface area (Å²) in [6, 6.07) is 10.6. The van der Waals surface area contributed by atoms with Crippen LogP contribution in [0.2, 0.25) is 5.02 Å². The molecule has 0 amide bonds. The number of halogens is 4. The molecule has 0 aliphatic heterocycles. The van der Waals surface area contributed by atoms with Crippen LogP contribution in [0.5, 0.6) is 0 Å². The summed E-state index contributed by atoms with van der Waals surface area (Å²) in [5.74, 6) is 0.435. The number of benzene rings is 2. The van der Waals surface area contributed by atoms with Gasteiger partial charge in [-0.1, -0.05) is 41.9 Å². The fraction of sp³-hybridized carbons (Fsp3) is 0.176. The van der Waals surface area contributed by atoms with Crippen molar-refractivity contribution in [2.45, 2.75) is 13.1 Å². The number of aromatic nitrogens is 3. The minimum atomic E-state index is -4.47. The maximum Gasteiger partial charge on any atom is 0.417 e. The van der Waals surface area contributed by atoms with Gasteiger partial charge in [0.2, 0.25) is 0 Å². The molecule has 0 saturated carbocycles. The molecule has 1 heterocycles. The van der Waals surface area contributed by atoms with Gasteiger partial charge >= 0.3 is 6.18 Å². The van der Waals surface area contributed by atoms with E-state index in [-0.39, 0.29) is 11.4 Å². The molecular weight excluding hydrogens is 339 g/mol. The largest absolute Gasteiger partial charge is 0.417 e. The lowest BCUT2D eigenvalue weighted by Gasteiger charge is -2.11. The van der Waals surface area contributed by atoms with Gasteiger partial charge in [0.05, 0.1) is 10.6 Å². The van der Waals surface area contributed by atoms with Gasteiger partial charge in [0.25, 0.3) is 0 Å². The summed E-state index contributed by atoms with van der Waals surface area (Å²) in [6.07, 6.45) is -4.47. The first-order valence-corrected chi connectivity index (χ1v) is 7.50. The van der Waals surface area contributed by atoms with E-state index in [2.05, 4.69) is 10.1 Å². The smallest absolute Gasteiger partial charge is 0.248 e. The Morgan fingerprint density at radius 2 is 1.75 bits per heavy atom. The Kier molecular flexibility index (Phi) is 4.09. The highest BCUT2D eigenvalue weighted by Gasteiger charge is 2.34. The maximum absolute atomic E-state index is 13.2. The number of hydrogen-bond donors (Lipinski definition) is 0. The molecule has 24 heavy (non-hydrogen) atoms. The number of rotatable bonds is 2. The predicted molar refractivity (Wildman–Crippen MR) is 86.6 cm³/mol. The monoisotopic (exact) mass is 351 g/mol. The summed E-state index contributed by atoms with van der Waals surface area (Å²) in [4.78, 5) is 4.31. The summed E-state index contributed by atoms with van der Waals surface area (Å²) in [7, 11) is 1.56.